The Balaban J connectivity index is 1.27. The summed E-state index contributed by atoms with van der Waals surface area (Å²) >= 11 is 1.90. The number of allylic oxidation sites excluding steroid dienone is 2. The van der Waals surface area contributed by atoms with Crippen LogP contribution in [0.4, 0.5) is 11.5 Å². The number of thiophene rings is 1. The van der Waals surface area contributed by atoms with E-state index in [2.05, 4.69) is 118 Å². The third-order valence-corrected chi connectivity index (χ3v) is 10.8. The minimum atomic E-state index is 0.198. The lowest BCUT2D eigenvalue weighted by Gasteiger charge is -2.33. The molecule has 0 saturated heterocycles. The van der Waals surface area contributed by atoms with Gasteiger partial charge in [-0.25, -0.2) is 0 Å². The number of anilines is 2. The summed E-state index contributed by atoms with van der Waals surface area (Å²) < 4.78 is 11.3. The standard InChI is InChI=1S/C38H23N3OS/c1-5-11-31-22(7-1)26-17-20(13-16-32(26)42-31)21-18-27-24-14-15-25-23-8-2-6-12-33(23)43-37(25)36(24)41-35(27)28(19-21)34-38(41)40-30-10-4-3-9-29(30)39-34/h1-19,29-30,39-40H. The van der Waals surface area contributed by atoms with Crippen LogP contribution in [0.15, 0.2) is 120 Å². The second kappa shape index (κ2) is 7.77. The summed E-state index contributed by atoms with van der Waals surface area (Å²) in [6.07, 6.45) is 8.81. The summed E-state index contributed by atoms with van der Waals surface area (Å²) in [4.78, 5) is 0. The van der Waals surface area contributed by atoms with Crippen molar-refractivity contribution in [3.63, 3.8) is 0 Å². The van der Waals surface area contributed by atoms with E-state index in [4.69, 9.17) is 4.42 Å². The third kappa shape index (κ3) is 2.80. The molecule has 0 amide bonds. The van der Waals surface area contributed by atoms with E-state index in [0.29, 0.717) is 0 Å². The number of hydrogen-bond acceptors (Lipinski definition) is 4. The van der Waals surface area contributed by atoms with Gasteiger partial charge >= 0.3 is 0 Å². The minimum Gasteiger partial charge on any atom is -0.456 e. The number of aromatic nitrogens is 1. The molecule has 2 aliphatic rings. The second-order valence-electron chi connectivity index (χ2n) is 11.8. The van der Waals surface area contributed by atoms with E-state index in [1.165, 1.54) is 64.2 Å². The maximum Gasteiger partial charge on any atom is 0.136 e. The summed E-state index contributed by atoms with van der Waals surface area (Å²) in [7, 11) is 0. The van der Waals surface area contributed by atoms with E-state index in [0.717, 1.165) is 27.8 Å². The molecule has 2 unspecified atom stereocenters. The van der Waals surface area contributed by atoms with Crippen LogP contribution in [-0.2, 0) is 0 Å². The van der Waals surface area contributed by atoms with E-state index < -0.39 is 0 Å². The van der Waals surface area contributed by atoms with Crippen LogP contribution in [0.25, 0.3) is 80.4 Å². The second-order valence-corrected chi connectivity index (χ2v) is 12.9. The van der Waals surface area contributed by atoms with Gasteiger partial charge in [-0.2, -0.15) is 0 Å². The van der Waals surface area contributed by atoms with Crippen molar-refractivity contribution in [1.29, 1.82) is 0 Å². The third-order valence-electron chi connectivity index (χ3n) is 9.56. The average molecular weight is 570 g/mol. The van der Waals surface area contributed by atoms with Crippen LogP contribution < -0.4 is 10.6 Å². The highest BCUT2D eigenvalue weighted by molar-refractivity contribution is 7.26. The molecule has 2 N–H and O–H groups in total. The summed E-state index contributed by atoms with van der Waals surface area (Å²) in [6, 6.07) is 33.5. The van der Waals surface area contributed by atoms with E-state index in [1.807, 2.05) is 23.5 Å². The minimum absolute atomic E-state index is 0.198. The van der Waals surface area contributed by atoms with Crippen molar-refractivity contribution < 1.29 is 4.42 Å². The number of hydrogen-bond donors (Lipinski definition) is 2. The molecular formula is C38H23N3OS. The van der Waals surface area contributed by atoms with Gasteiger partial charge in [0.05, 0.1) is 33.5 Å². The van der Waals surface area contributed by atoms with Crippen LogP contribution in [0.5, 0.6) is 0 Å². The predicted octanol–water partition coefficient (Wildman–Crippen LogP) is 10.3. The van der Waals surface area contributed by atoms with Crippen LogP contribution in [0, 0.1) is 0 Å². The van der Waals surface area contributed by atoms with Crippen molar-refractivity contribution in [2.24, 2.45) is 0 Å². The Morgan fingerprint density at radius 2 is 1.33 bits per heavy atom. The molecular weight excluding hydrogens is 547 g/mol. The highest BCUT2D eigenvalue weighted by Crippen LogP contribution is 2.50. The van der Waals surface area contributed by atoms with Gasteiger partial charge in [0.1, 0.15) is 17.0 Å². The first-order valence-electron chi connectivity index (χ1n) is 14.8. The summed E-state index contributed by atoms with van der Waals surface area (Å²) in [5.41, 5.74) is 7.99. The van der Waals surface area contributed by atoms with Crippen molar-refractivity contribution in [3.8, 4) is 11.1 Å². The molecule has 5 aromatic carbocycles. The molecule has 4 nitrogen and oxygen atoms in total. The molecule has 202 valence electrons. The largest absolute Gasteiger partial charge is 0.456 e. The van der Waals surface area contributed by atoms with Crippen molar-refractivity contribution in [2.45, 2.75) is 12.1 Å². The maximum atomic E-state index is 6.16. The van der Waals surface area contributed by atoms with Crippen LogP contribution >= 0.6 is 11.3 Å². The Labute approximate surface area is 249 Å². The van der Waals surface area contributed by atoms with E-state index in [-0.39, 0.29) is 12.1 Å². The van der Waals surface area contributed by atoms with Crippen molar-refractivity contribution in [2.75, 3.05) is 10.6 Å². The highest BCUT2D eigenvalue weighted by Gasteiger charge is 2.32. The summed E-state index contributed by atoms with van der Waals surface area (Å²) in [5.74, 6) is 1.15. The topological polar surface area (TPSA) is 41.6 Å². The molecule has 0 radical (unpaired) electrons. The predicted molar refractivity (Wildman–Crippen MR) is 182 cm³/mol. The number of para-hydroxylation sites is 1. The Hall–Kier alpha value is -5.26. The van der Waals surface area contributed by atoms with Crippen molar-refractivity contribution in [1.82, 2.24) is 4.40 Å². The molecule has 0 bridgehead atoms. The Morgan fingerprint density at radius 1 is 0.581 bits per heavy atom. The smallest absolute Gasteiger partial charge is 0.136 e. The molecule has 2 atom stereocenters. The molecule has 4 aromatic heterocycles. The normalized spacial score (nSPS) is 18.0. The zero-order valence-electron chi connectivity index (χ0n) is 22.9. The quantitative estimate of drug-likeness (QED) is 0.207. The zero-order valence-corrected chi connectivity index (χ0v) is 23.7. The van der Waals surface area contributed by atoms with Crippen LogP contribution in [0.3, 0.4) is 0 Å². The zero-order chi connectivity index (χ0) is 27.8. The molecule has 0 spiro atoms. The Morgan fingerprint density at radius 3 is 2.26 bits per heavy atom. The van der Waals surface area contributed by atoms with Crippen molar-refractivity contribution in [3.05, 3.63) is 115 Å². The van der Waals surface area contributed by atoms with Gasteiger partial charge < -0.3 is 15.1 Å². The van der Waals surface area contributed by atoms with Crippen LogP contribution in [-0.4, -0.2) is 16.5 Å². The van der Waals surface area contributed by atoms with Gasteiger partial charge in [-0.15, -0.1) is 11.3 Å². The SMILES string of the molecule is C1=CC2Nc3c(n4c5c3cc(-c3ccc6oc7ccccc7c6c3)cc5c3ccc5c6ccccc6sc5c34)NC2C=C1. The Kier molecular flexibility index (Phi) is 4.04. The highest BCUT2D eigenvalue weighted by atomic mass is 32.1. The molecule has 1 aliphatic carbocycles. The lowest BCUT2D eigenvalue weighted by molar-refractivity contribution is 0.669. The number of fused-ring (bicyclic) bond motifs is 14. The first-order valence-corrected chi connectivity index (χ1v) is 15.6. The number of furan rings is 1. The summed E-state index contributed by atoms with van der Waals surface area (Å²) in [5, 5.41) is 16.6. The van der Waals surface area contributed by atoms with E-state index >= 15 is 0 Å². The van der Waals surface area contributed by atoms with Gasteiger partial charge in [0, 0.05) is 42.4 Å². The first kappa shape index (κ1) is 22.4. The molecule has 9 aromatic rings. The number of benzene rings is 5. The summed E-state index contributed by atoms with van der Waals surface area (Å²) in [6.45, 7) is 0. The van der Waals surface area contributed by atoms with Gasteiger partial charge in [-0.05, 0) is 47.5 Å². The fourth-order valence-electron chi connectivity index (χ4n) is 7.62. The van der Waals surface area contributed by atoms with Crippen LogP contribution in [0.2, 0.25) is 0 Å². The average Bonchev–Trinajstić information content (AvgIpc) is 3.79. The molecule has 0 saturated carbocycles. The molecule has 5 heteroatoms. The van der Waals surface area contributed by atoms with E-state index in [1.54, 1.807) is 0 Å². The van der Waals surface area contributed by atoms with E-state index in [9.17, 15) is 0 Å². The van der Waals surface area contributed by atoms with Gasteiger partial charge in [-0.3, -0.25) is 4.40 Å². The fraction of sp³-hybridized carbons (Fsp3) is 0.0526. The van der Waals surface area contributed by atoms with Gasteiger partial charge in [0.25, 0.3) is 0 Å². The van der Waals surface area contributed by atoms with Gasteiger partial charge in [-0.1, -0.05) is 78.9 Å². The van der Waals surface area contributed by atoms with Gasteiger partial charge in [0.15, 0.2) is 0 Å². The lowest BCUT2D eigenvalue weighted by atomic mass is 9.97. The maximum absolute atomic E-state index is 6.16. The monoisotopic (exact) mass is 569 g/mol. The molecule has 5 heterocycles. The molecule has 1 aliphatic heterocycles. The Bertz CT molecular complexity index is 2700. The number of nitrogens with one attached hydrogen (secondary N) is 2. The number of nitrogens with zero attached hydrogens (tertiary/aromatic N) is 1. The first-order chi connectivity index (χ1) is 21.3. The number of rotatable bonds is 1. The molecule has 11 rings (SSSR count). The molecule has 43 heavy (non-hydrogen) atoms. The fourth-order valence-corrected chi connectivity index (χ4v) is 8.86. The van der Waals surface area contributed by atoms with Gasteiger partial charge in [0.2, 0.25) is 0 Å². The lowest BCUT2D eigenvalue weighted by Crippen LogP contribution is -2.41. The van der Waals surface area contributed by atoms with Crippen LogP contribution in [0.1, 0.15) is 0 Å². The van der Waals surface area contributed by atoms with Crippen molar-refractivity contribution >= 4 is 92.1 Å². The molecule has 0 fully saturated rings.